The molecule has 0 amide bonds. The Labute approximate surface area is 144 Å². The van der Waals surface area contributed by atoms with Crippen LogP contribution in [0.15, 0.2) is 12.2 Å². The van der Waals surface area contributed by atoms with Crippen molar-refractivity contribution in [1.82, 2.24) is 4.31 Å². The molecular formula is C19H38N2S. The van der Waals surface area contributed by atoms with Gasteiger partial charge in [0, 0.05) is 17.6 Å². The minimum absolute atomic E-state index is 0.148. The number of nitrogens with zero attached hydrogens (tertiary/aromatic N) is 1. The van der Waals surface area contributed by atoms with E-state index in [-0.39, 0.29) is 11.1 Å². The zero-order chi connectivity index (χ0) is 17.0. The van der Waals surface area contributed by atoms with Gasteiger partial charge >= 0.3 is 0 Å². The number of hydrogen-bond acceptors (Lipinski definition) is 3. The third kappa shape index (κ3) is 7.06. The molecule has 2 rings (SSSR count). The van der Waals surface area contributed by atoms with E-state index in [1.54, 1.807) is 0 Å². The van der Waals surface area contributed by atoms with Crippen molar-refractivity contribution in [3.8, 4) is 0 Å². The number of nitrogens with two attached hydrogens (primary N) is 1. The molecule has 0 aromatic carbocycles. The van der Waals surface area contributed by atoms with E-state index in [9.17, 15) is 0 Å². The lowest BCUT2D eigenvalue weighted by Gasteiger charge is -2.25. The Morgan fingerprint density at radius 1 is 1.27 bits per heavy atom. The molecule has 1 aliphatic heterocycles. The Morgan fingerprint density at radius 2 is 1.82 bits per heavy atom. The first-order chi connectivity index (χ1) is 10.0. The SMILES string of the molecule is C=C(CC(C)(C)N)C1CN(S)C(C)(C)C1.CC1CCCCC1. The molecule has 2 aliphatic rings. The molecule has 0 spiro atoms. The van der Waals surface area contributed by atoms with Crippen LogP contribution in [-0.2, 0) is 0 Å². The molecule has 22 heavy (non-hydrogen) atoms. The molecule has 1 saturated carbocycles. The average molecular weight is 327 g/mol. The van der Waals surface area contributed by atoms with E-state index < -0.39 is 0 Å². The maximum Gasteiger partial charge on any atom is 0.0261 e. The fraction of sp³-hybridized carbons (Fsp3) is 0.895. The lowest BCUT2D eigenvalue weighted by Crippen LogP contribution is -2.33. The van der Waals surface area contributed by atoms with Crippen LogP contribution in [0, 0.1) is 11.8 Å². The second kappa shape index (κ2) is 8.21. The van der Waals surface area contributed by atoms with E-state index in [1.807, 2.05) is 0 Å². The highest BCUT2D eigenvalue weighted by Gasteiger charge is 2.38. The van der Waals surface area contributed by atoms with Gasteiger partial charge in [-0.05, 0) is 52.4 Å². The molecule has 0 radical (unpaired) electrons. The van der Waals surface area contributed by atoms with Gasteiger partial charge in [-0.3, -0.25) is 0 Å². The standard InChI is InChI=1S/C12H24N2S.C7H14/c1-9(6-11(2,3)13)10-7-12(4,5)14(15)8-10;1-7-5-3-2-4-6-7/h10,15H,1,6-8,13H2,2-5H3;7H,2-6H2,1H3. The van der Waals surface area contributed by atoms with Crippen molar-refractivity contribution < 1.29 is 0 Å². The van der Waals surface area contributed by atoms with Crippen molar-refractivity contribution in [3.05, 3.63) is 12.2 Å². The van der Waals surface area contributed by atoms with E-state index in [1.165, 1.54) is 37.7 Å². The van der Waals surface area contributed by atoms with E-state index >= 15 is 0 Å². The van der Waals surface area contributed by atoms with E-state index in [4.69, 9.17) is 5.73 Å². The van der Waals surface area contributed by atoms with Crippen molar-refractivity contribution in [2.24, 2.45) is 17.6 Å². The summed E-state index contributed by atoms with van der Waals surface area (Å²) in [6.07, 6.45) is 9.47. The molecule has 2 nitrogen and oxygen atoms in total. The molecule has 1 unspecified atom stereocenters. The number of thiol groups is 1. The maximum atomic E-state index is 6.01. The fourth-order valence-electron chi connectivity index (χ4n) is 3.54. The summed E-state index contributed by atoms with van der Waals surface area (Å²) >= 11 is 4.50. The topological polar surface area (TPSA) is 29.3 Å². The Morgan fingerprint density at radius 3 is 2.14 bits per heavy atom. The smallest absolute Gasteiger partial charge is 0.0261 e. The zero-order valence-corrected chi connectivity index (χ0v) is 16.4. The van der Waals surface area contributed by atoms with Gasteiger partial charge in [0.1, 0.15) is 0 Å². The molecule has 0 bridgehead atoms. The Kier molecular flexibility index (Phi) is 7.48. The summed E-state index contributed by atoms with van der Waals surface area (Å²) in [6, 6.07) is 0. The van der Waals surface area contributed by atoms with E-state index in [0.717, 1.165) is 25.3 Å². The van der Waals surface area contributed by atoms with Gasteiger partial charge in [0.25, 0.3) is 0 Å². The van der Waals surface area contributed by atoms with Crippen LogP contribution in [0.25, 0.3) is 0 Å². The summed E-state index contributed by atoms with van der Waals surface area (Å²) in [5.74, 6) is 1.58. The predicted octanol–water partition coefficient (Wildman–Crippen LogP) is 5.20. The van der Waals surface area contributed by atoms with Crippen molar-refractivity contribution in [2.45, 2.75) is 90.6 Å². The van der Waals surface area contributed by atoms with Gasteiger partial charge < -0.3 is 5.73 Å². The zero-order valence-electron chi connectivity index (χ0n) is 15.5. The van der Waals surface area contributed by atoms with Gasteiger partial charge in [-0.1, -0.05) is 64.0 Å². The van der Waals surface area contributed by atoms with Crippen LogP contribution in [0.2, 0.25) is 0 Å². The monoisotopic (exact) mass is 326 g/mol. The summed E-state index contributed by atoms with van der Waals surface area (Å²) in [5, 5.41) is 0. The lowest BCUT2D eigenvalue weighted by atomic mass is 9.85. The first-order valence-electron chi connectivity index (χ1n) is 8.94. The number of hydrogen-bond donors (Lipinski definition) is 2. The van der Waals surface area contributed by atoms with Crippen molar-refractivity contribution >= 4 is 12.8 Å². The van der Waals surface area contributed by atoms with Gasteiger partial charge in [-0.15, -0.1) is 0 Å². The molecule has 0 aromatic heterocycles. The molecule has 1 saturated heterocycles. The molecule has 3 heteroatoms. The summed E-state index contributed by atoms with van der Waals surface area (Å²) < 4.78 is 2.12. The lowest BCUT2D eigenvalue weighted by molar-refractivity contribution is 0.323. The van der Waals surface area contributed by atoms with Crippen LogP contribution in [0.3, 0.4) is 0 Å². The molecular weight excluding hydrogens is 288 g/mol. The summed E-state index contributed by atoms with van der Waals surface area (Å²) in [5.41, 5.74) is 7.31. The second-order valence-corrected chi connectivity index (χ2v) is 9.35. The summed E-state index contributed by atoms with van der Waals surface area (Å²) in [7, 11) is 0. The molecule has 1 atom stereocenters. The van der Waals surface area contributed by atoms with Crippen LogP contribution in [0.5, 0.6) is 0 Å². The molecule has 130 valence electrons. The van der Waals surface area contributed by atoms with Crippen LogP contribution >= 0.6 is 12.8 Å². The molecule has 1 aliphatic carbocycles. The van der Waals surface area contributed by atoms with Gasteiger partial charge in [-0.25, -0.2) is 4.31 Å². The van der Waals surface area contributed by atoms with Crippen molar-refractivity contribution in [1.29, 1.82) is 0 Å². The predicted molar refractivity (Wildman–Crippen MR) is 102 cm³/mol. The van der Waals surface area contributed by atoms with Gasteiger partial charge in [0.2, 0.25) is 0 Å². The Balaban J connectivity index is 0.000000287. The van der Waals surface area contributed by atoms with Crippen LogP contribution < -0.4 is 5.73 Å². The quantitative estimate of drug-likeness (QED) is 0.551. The van der Waals surface area contributed by atoms with Crippen LogP contribution in [0.1, 0.15) is 79.6 Å². The maximum absolute atomic E-state index is 6.01. The van der Waals surface area contributed by atoms with E-state index in [0.29, 0.717) is 5.92 Å². The molecule has 1 heterocycles. The third-order valence-corrected chi connectivity index (χ3v) is 5.70. The number of rotatable bonds is 3. The molecule has 2 fully saturated rings. The van der Waals surface area contributed by atoms with Gasteiger partial charge in [0.05, 0.1) is 0 Å². The van der Waals surface area contributed by atoms with Crippen LogP contribution in [0.4, 0.5) is 0 Å². The largest absolute Gasteiger partial charge is 0.325 e. The Hall–Kier alpha value is 0.0100. The normalized spacial score (nSPS) is 26.4. The minimum Gasteiger partial charge on any atom is -0.325 e. The summed E-state index contributed by atoms with van der Waals surface area (Å²) in [6.45, 7) is 16.1. The van der Waals surface area contributed by atoms with E-state index in [2.05, 4.69) is 58.3 Å². The summed E-state index contributed by atoms with van der Waals surface area (Å²) in [4.78, 5) is 0. The van der Waals surface area contributed by atoms with Gasteiger partial charge in [-0.2, -0.15) is 0 Å². The van der Waals surface area contributed by atoms with Crippen molar-refractivity contribution in [3.63, 3.8) is 0 Å². The van der Waals surface area contributed by atoms with Crippen molar-refractivity contribution in [2.75, 3.05) is 6.54 Å². The second-order valence-electron chi connectivity index (χ2n) is 8.86. The van der Waals surface area contributed by atoms with Gasteiger partial charge in [0.15, 0.2) is 0 Å². The highest BCUT2D eigenvalue weighted by atomic mass is 32.1. The fourth-order valence-corrected chi connectivity index (χ4v) is 3.82. The van der Waals surface area contributed by atoms with Crippen LogP contribution in [-0.4, -0.2) is 21.9 Å². The first-order valence-corrected chi connectivity index (χ1v) is 9.34. The molecule has 2 N–H and O–H groups in total. The molecule has 0 aromatic rings. The average Bonchev–Trinajstić information content (AvgIpc) is 2.64. The highest BCUT2D eigenvalue weighted by molar-refractivity contribution is 7.77. The third-order valence-electron chi connectivity index (χ3n) is 4.99. The Bertz CT molecular complexity index is 351. The minimum atomic E-state index is -0.148. The highest BCUT2D eigenvalue weighted by Crippen LogP contribution is 2.38. The first kappa shape index (κ1) is 20.1.